The number of methoxy groups -OCH3 is 1. The standard InChI is InChI=1S/C21H22ClN5O2S2/c1-12-6-7-15-16(8-12)31-18(17(15)19(28)29-2)24-21(30)25-20-23-11-27(26-20)10-13-4-3-5-14(22)9-13/h3-5,9,11-12H,6-8,10H2,1-2H3,(H2,24,25,26,30). The fraction of sp³-hybridized carbons (Fsp3) is 0.333. The number of thiocarbonyl (C=S) groups is 1. The van der Waals surface area contributed by atoms with E-state index in [1.807, 2.05) is 24.3 Å². The van der Waals surface area contributed by atoms with Crippen LogP contribution >= 0.6 is 35.2 Å². The van der Waals surface area contributed by atoms with Crippen molar-refractivity contribution < 1.29 is 9.53 Å². The molecule has 1 unspecified atom stereocenters. The summed E-state index contributed by atoms with van der Waals surface area (Å²) in [5.74, 6) is 0.623. The van der Waals surface area contributed by atoms with Crippen LogP contribution in [0, 0.1) is 5.92 Å². The molecule has 1 atom stereocenters. The van der Waals surface area contributed by atoms with Gasteiger partial charge in [-0.05, 0) is 60.7 Å². The predicted molar refractivity (Wildman–Crippen MR) is 127 cm³/mol. The number of carbonyl (C=O) groups excluding carboxylic acids is 1. The number of carbonyl (C=O) groups is 1. The summed E-state index contributed by atoms with van der Waals surface area (Å²) in [6, 6.07) is 7.58. The van der Waals surface area contributed by atoms with E-state index in [1.165, 1.54) is 12.0 Å². The van der Waals surface area contributed by atoms with Crippen molar-refractivity contribution in [3.63, 3.8) is 0 Å². The lowest BCUT2D eigenvalue weighted by Gasteiger charge is -2.18. The van der Waals surface area contributed by atoms with E-state index in [1.54, 1.807) is 22.3 Å². The number of thiophene rings is 1. The molecule has 3 aromatic rings. The Kier molecular flexibility index (Phi) is 6.54. The van der Waals surface area contributed by atoms with Crippen LogP contribution in [0.25, 0.3) is 0 Å². The number of ether oxygens (including phenoxy) is 1. The molecule has 0 amide bonds. The van der Waals surface area contributed by atoms with Crippen LogP contribution in [-0.4, -0.2) is 33.0 Å². The molecule has 2 heterocycles. The molecular formula is C21H22ClN5O2S2. The number of hydrogen-bond acceptors (Lipinski definition) is 6. The van der Waals surface area contributed by atoms with Crippen molar-refractivity contribution in [1.29, 1.82) is 0 Å². The summed E-state index contributed by atoms with van der Waals surface area (Å²) in [6.07, 6.45) is 4.51. The van der Waals surface area contributed by atoms with Crippen molar-refractivity contribution in [3.05, 3.63) is 57.2 Å². The van der Waals surface area contributed by atoms with E-state index in [0.717, 1.165) is 30.4 Å². The number of rotatable bonds is 5. The Balaban J connectivity index is 1.46. The zero-order valence-corrected chi connectivity index (χ0v) is 19.5. The second-order valence-electron chi connectivity index (χ2n) is 7.52. The highest BCUT2D eigenvalue weighted by Crippen LogP contribution is 2.40. The molecule has 0 saturated carbocycles. The summed E-state index contributed by atoms with van der Waals surface area (Å²) in [5.41, 5.74) is 2.67. The summed E-state index contributed by atoms with van der Waals surface area (Å²) in [4.78, 5) is 17.9. The number of esters is 1. The van der Waals surface area contributed by atoms with Gasteiger partial charge in [0, 0.05) is 9.90 Å². The molecule has 31 heavy (non-hydrogen) atoms. The first-order valence-corrected chi connectivity index (χ1v) is 11.5. The van der Waals surface area contributed by atoms with Gasteiger partial charge < -0.3 is 10.1 Å². The van der Waals surface area contributed by atoms with E-state index in [4.69, 9.17) is 28.6 Å². The van der Waals surface area contributed by atoms with Gasteiger partial charge in [-0.1, -0.05) is 30.7 Å². The monoisotopic (exact) mass is 475 g/mol. The topological polar surface area (TPSA) is 81.1 Å². The van der Waals surface area contributed by atoms with E-state index < -0.39 is 0 Å². The molecule has 0 aliphatic heterocycles. The second-order valence-corrected chi connectivity index (χ2v) is 9.47. The van der Waals surface area contributed by atoms with Crippen LogP contribution in [0.4, 0.5) is 10.9 Å². The fourth-order valence-corrected chi connectivity index (χ4v) is 5.52. The normalized spacial score (nSPS) is 15.3. The number of benzene rings is 1. The van der Waals surface area contributed by atoms with Crippen molar-refractivity contribution in [1.82, 2.24) is 14.8 Å². The molecule has 162 valence electrons. The Morgan fingerprint density at radius 1 is 1.42 bits per heavy atom. The molecule has 1 aliphatic rings. The molecule has 1 aromatic carbocycles. The van der Waals surface area contributed by atoms with Crippen molar-refractivity contribution in [2.45, 2.75) is 32.7 Å². The van der Waals surface area contributed by atoms with Crippen LogP contribution < -0.4 is 10.6 Å². The number of aromatic nitrogens is 3. The van der Waals surface area contributed by atoms with Crippen LogP contribution in [0.15, 0.2) is 30.6 Å². The van der Waals surface area contributed by atoms with Crippen molar-refractivity contribution in [2.75, 3.05) is 17.7 Å². The third-order valence-corrected chi connectivity index (χ3v) is 6.73. The van der Waals surface area contributed by atoms with Crippen LogP contribution in [0.1, 0.15) is 39.7 Å². The third-order valence-electron chi connectivity index (χ3n) is 5.12. The molecular weight excluding hydrogens is 454 g/mol. The summed E-state index contributed by atoms with van der Waals surface area (Å²) in [6.45, 7) is 2.77. The molecule has 0 spiro atoms. The maximum atomic E-state index is 12.4. The van der Waals surface area contributed by atoms with Gasteiger partial charge in [0.2, 0.25) is 5.95 Å². The van der Waals surface area contributed by atoms with Crippen LogP contribution in [0.3, 0.4) is 0 Å². The molecule has 7 nitrogen and oxygen atoms in total. The number of fused-ring (bicyclic) bond motifs is 1. The minimum absolute atomic E-state index is 0.317. The molecule has 2 aromatic heterocycles. The lowest BCUT2D eigenvalue weighted by Crippen LogP contribution is -2.21. The Labute approximate surface area is 194 Å². The lowest BCUT2D eigenvalue weighted by molar-refractivity contribution is 0.0601. The van der Waals surface area contributed by atoms with Gasteiger partial charge in [0.05, 0.1) is 19.2 Å². The minimum Gasteiger partial charge on any atom is -0.465 e. The van der Waals surface area contributed by atoms with Gasteiger partial charge in [0.25, 0.3) is 0 Å². The number of halogens is 1. The minimum atomic E-state index is -0.346. The van der Waals surface area contributed by atoms with Crippen LogP contribution in [0.5, 0.6) is 0 Å². The Morgan fingerprint density at radius 3 is 3.03 bits per heavy atom. The molecule has 10 heteroatoms. The summed E-state index contributed by atoms with van der Waals surface area (Å²) in [7, 11) is 1.40. The molecule has 0 bridgehead atoms. The first kappa shape index (κ1) is 21.7. The van der Waals surface area contributed by atoms with Gasteiger partial charge in [0.1, 0.15) is 11.3 Å². The van der Waals surface area contributed by atoms with E-state index >= 15 is 0 Å². The fourth-order valence-electron chi connectivity index (χ4n) is 3.64. The maximum Gasteiger partial charge on any atom is 0.341 e. The van der Waals surface area contributed by atoms with Gasteiger partial charge >= 0.3 is 5.97 Å². The average molecular weight is 476 g/mol. The summed E-state index contributed by atoms with van der Waals surface area (Å²) in [5, 5.41) is 12.2. The van der Waals surface area contributed by atoms with Gasteiger partial charge in [-0.15, -0.1) is 16.4 Å². The van der Waals surface area contributed by atoms with E-state index in [9.17, 15) is 4.79 Å². The number of nitrogens with one attached hydrogen (secondary N) is 2. The molecule has 1 aliphatic carbocycles. The Bertz CT molecular complexity index is 1130. The smallest absolute Gasteiger partial charge is 0.341 e. The quantitative estimate of drug-likeness (QED) is 0.406. The largest absolute Gasteiger partial charge is 0.465 e. The second kappa shape index (κ2) is 9.33. The maximum absolute atomic E-state index is 12.4. The van der Waals surface area contributed by atoms with Crippen molar-refractivity contribution >= 4 is 57.2 Å². The average Bonchev–Trinajstić information content (AvgIpc) is 3.30. The summed E-state index contributed by atoms with van der Waals surface area (Å²) < 4.78 is 6.72. The number of nitrogens with zero attached hydrogens (tertiary/aromatic N) is 3. The first-order valence-electron chi connectivity index (χ1n) is 9.87. The summed E-state index contributed by atoms with van der Waals surface area (Å²) >= 11 is 13.0. The predicted octanol–water partition coefficient (Wildman–Crippen LogP) is 4.76. The molecule has 4 rings (SSSR count). The zero-order chi connectivity index (χ0) is 22.0. The van der Waals surface area contributed by atoms with Crippen LogP contribution in [-0.2, 0) is 24.1 Å². The van der Waals surface area contributed by atoms with Crippen molar-refractivity contribution in [2.24, 2.45) is 5.92 Å². The van der Waals surface area contributed by atoms with Crippen LogP contribution in [0.2, 0.25) is 5.02 Å². The van der Waals surface area contributed by atoms with Gasteiger partial charge in [0.15, 0.2) is 5.11 Å². The van der Waals surface area contributed by atoms with Crippen molar-refractivity contribution in [3.8, 4) is 0 Å². The number of hydrogen-bond donors (Lipinski definition) is 2. The molecule has 0 radical (unpaired) electrons. The first-order chi connectivity index (χ1) is 14.9. The highest BCUT2D eigenvalue weighted by atomic mass is 35.5. The SMILES string of the molecule is COC(=O)c1c(NC(=S)Nc2ncn(Cc3cccc(Cl)c3)n2)sc2c1CCC(C)C2. The third kappa shape index (κ3) is 5.06. The Morgan fingerprint density at radius 2 is 2.26 bits per heavy atom. The Hall–Kier alpha value is -2.49. The molecule has 2 N–H and O–H groups in total. The van der Waals surface area contributed by atoms with E-state index in [2.05, 4.69) is 27.6 Å². The van der Waals surface area contributed by atoms with Gasteiger partial charge in [-0.3, -0.25) is 5.32 Å². The zero-order valence-electron chi connectivity index (χ0n) is 17.1. The number of anilines is 2. The van der Waals surface area contributed by atoms with Gasteiger partial charge in [-0.25, -0.2) is 14.5 Å². The highest BCUT2D eigenvalue weighted by Gasteiger charge is 2.28. The molecule has 0 saturated heterocycles. The lowest BCUT2D eigenvalue weighted by atomic mass is 9.88. The highest BCUT2D eigenvalue weighted by molar-refractivity contribution is 7.80. The molecule has 0 fully saturated rings. The van der Waals surface area contributed by atoms with E-state index in [0.29, 0.717) is 39.1 Å². The van der Waals surface area contributed by atoms with Gasteiger partial charge in [-0.2, -0.15) is 0 Å². The van der Waals surface area contributed by atoms with E-state index in [-0.39, 0.29) is 5.97 Å².